The maximum Gasteiger partial charge on any atom is 0.126 e. The Bertz CT molecular complexity index is 568. The summed E-state index contributed by atoms with van der Waals surface area (Å²) in [7, 11) is 0. The van der Waals surface area contributed by atoms with Crippen LogP contribution in [0.3, 0.4) is 0 Å². The van der Waals surface area contributed by atoms with Crippen molar-refractivity contribution in [1.29, 1.82) is 0 Å². The normalized spacial score (nSPS) is 12.4. The van der Waals surface area contributed by atoms with Gasteiger partial charge >= 0.3 is 0 Å². The number of aryl methyl sites for hydroxylation is 1. The van der Waals surface area contributed by atoms with Gasteiger partial charge in [-0.3, -0.25) is 0 Å². The van der Waals surface area contributed by atoms with E-state index in [1.54, 1.807) is 18.2 Å². The molecule has 2 aromatic rings. The monoisotopic (exact) mass is 278 g/mol. The maximum absolute atomic E-state index is 13.8. The summed E-state index contributed by atoms with van der Waals surface area (Å²) in [6, 6.07) is 12.3. The number of hydrogen-bond donors (Lipinski definition) is 1. The Balaban J connectivity index is 2.27. The lowest BCUT2D eigenvalue weighted by molar-refractivity contribution is 0.262. The summed E-state index contributed by atoms with van der Waals surface area (Å²) in [5.74, 6) is -0.564. The quantitative estimate of drug-likeness (QED) is 0.892. The molecule has 0 bridgehead atoms. The lowest BCUT2D eigenvalue weighted by atomic mass is 9.92. The van der Waals surface area contributed by atoms with Gasteiger partial charge in [-0.25, -0.2) is 4.39 Å². The van der Waals surface area contributed by atoms with Crippen LogP contribution in [0.1, 0.15) is 22.6 Å². The number of benzene rings is 2. The summed E-state index contributed by atoms with van der Waals surface area (Å²) < 4.78 is 13.8. The summed E-state index contributed by atoms with van der Waals surface area (Å²) in [5, 5.41) is 10.2. The van der Waals surface area contributed by atoms with Crippen LogP contribution in [0.4, 0.5) is 4.39 Å². The first-order valence-corrected chi connectivity index (χ1v) is 6.60. The van der Waals surface area contributed by atoms with Crippen LogP contribution in [0.2, 0.25) is 5.02 Å². The van der Waals surface area contributed by atoms with Crippen molar-refractivity contribution in [2.24, 2.45) is 0 Å². The van der Waals surface area contributed by atoms with Crippen LogP contribution in [-0.2, 0) is 6.42 Å². The molecule has 19 heavy (non-hydrogen) atoms. The molecular formula is C16H16ClFO. The van der Waals surface area contributed by atoms with Gasteiger partial charge in [-0.1, -0.05) is 41.9 Å². The molecule has 0 amide bonds. The van der Waals surface area contributed by atoms with Crippen LogP contribution in [0.15, 0.2) is 42.5 Å². The molecular weight excluding hydrogens is 263 g/mol. The number of hydrogen-bond acceptors (Lipinski definition) is 1. The minimum Gasteiger partial charge on any atom is -0.396 e. The molecule has 0 aromatic heterocycles. The van der Waals surface area contributed by atoms with Gasteiger partial charge in [0.2, 0.25) is 0 Å². The van der Waals surface area contributed by atoms with E-state index < -0.39 is 0 Å². The summed E-state index contributed by atoms with van der Waals surface area (Å²) in [4.78, 5) is 0. The van der Waals surface area contributed by atoms with E-state index in [0.717, 1.165) is 11.1 Å². The molecule has 0 aliphatic carbocycles. The molecule has 0 saturated carbocycles. The highest BCUT2D eigenvalue weighted by molar-refractivity contribution is 6.31. The fraction of sp³-hybridized carbons (Fsp3) is 0.250. The third-order valence-corrected chi connectivity index (χ3v) is 3.59. The van der Waals surface area contributed by atoms with Crippen molar-refractivity contribution < 1.29 is 9.50 Å². The van der Waals surface area contributed by atoms with E-state index in [1.807, 2.05) is 25.1 Å². The van der Waals surface area contributed by atoms with Gasteiger partial charge in [0.05, 0.1) is 6.61 Å². The molecule has 2 rings (SSSR count). The molecule has 0 saturated heterocycles. The lowest BCUT2D eigenvalue weighted by Crippen LogP contribution is -2.10. The third kappa shape index (κ3) is 3.34. The minimum absolute atomic E-state index is 0.106. The van der Waals surface area contributed by atoms with Crippen molar-refractivity contribution in [1.82, 2.24) is 0 Å². The molecule has 0 aliphatic rings. The fourth-order valence-electron chi connectivity index (χ4n) is 2.16. The van der Waals surface area contributed by atoms with E-state index in [-0.39, 0.29) is 18.3 Å². The SMILES string of the molecule is Cc1ccc(CC(CO)c2ccccc2F)c(Cl)c1. The Morgan fingerprint density at radius 2 is 1.95 bits per heavy atom. The van der Waals surface area contributed by atoms with Gasteiger partial charge in [-0.2, -0.15) is 0 Å². The molecule has 1 unspecified atom stereocenters. The van der Waals surface area contributed by atoms with Gasteiger partial charge < -0.3 is 5.11 Å². The summed E-state index contributed by atoms with van der Waals surface area (Å²) in [6.45, 7) is 1.86. The highest BCUT2D eigenvalue weighted by Crippen LogP contribution is 2.27. The summed E-state index contributed by atoms with van der Waals surface area (Å²) in [5.41, 5.74) is 2.54. The molecule has 0 fully saturated rings. The summed E-state index contributed by atoms with van der Waals surface area (Å²) in [6.07, 6.45) is 0.524. The number of aliphatic hydroxyl groups is 1. The topological polar surface area (TPSA) is 20.2 Å². The first-order valence-electron chi connectivity index (χ1n) is 6.22. The molecule has 100 valence electrons. The van der Waals surface area contributed by atoms with E-state index in [1.165, 1.54) is 6.07 Å². The second kappa shape index (κ2) is 6.18. The molecule has 2 aromatic carbocycles. The van der Waals surface area contributed by atoms with E-state index in [9.17, 15) is 9.50 Å². The molecule has 0 radical (unpaired) electrons. The fourth-order valence-corrected chi connectivity index (χ4v) is 2.47. The molecule has 1 atom stereocenters. The third-order valence-electron chi connectivity index (χ3n) is 3.24. The van der Waals surface area contributed by atoms with Crippen LogP contribution < -0.4 is 0 Å². The van der Waals surface area contributed by atoms with Crippen molar-refractivity contribution in [3.8, 4) is 0 Å². The number of rotatable bonds is 4. The van der Waals surface area contributed by atoms with Gasteiger partial charge in [-0.15, -0.1) is 0 Å². The highest BCUT2D eigenvalue weighted by Gasteiger charge is 2.16. The van der Waals surface area contributed by atoms with Crippen molar-refractivity contribution in [3.05, 3.63) is 70.0 Å². The van der Waals surface area contributed by atoms with Crippen molar-refractivity contribution in [2.45, 2.75) is 19.3 Å². The van der Waals surface area contributed by atoms with Crippen LogP contribution in [0.25, 0.3) is 0 Å². The minimum atomic E-state index is -0.287. The van der Waals surface area contributed by atoms with E-state index in [0.29, 0.717) is 17.0 Å². The number of aliphatic hydroxyl groups excluding tert-OH is 1. The molecule has 0 aliphatic heterocycles. The Morgan fingerprint density at radius 1 is 1.21 bits per heavy atom. The lowest BCUT2D eigenvalue weighted by Gasteiger charge is -2.16. The predicted octanol–water partition coefficient (Wildman–Crippen LogP) is 4.11. The maximum atomic E-state index is 13.8. The standard InChI is InChI=1S/C16H16ClFO/c1-11-6-7-12(15(17)8-11)9-13(10-19)14-4-2-3-5-16(14)18/h2-8,13,19H,9-10H2,1H3. The van der Waals surface area contributed by atoms with Crippen LogP contribution in [-0.4, -0.2) is 11.7 Å². The highest BCUT2D eigenvalue weighted by atomic mass is 35.5. The van der Waals surface area contributed by atoms with Crippen LogP contribution in [0.5, 0.6) is 0 Å². The van der Waals surface area contributed by atoms with E-state index in [4.69, 9.17) is 11.6 Å². The second-order valence-electron chi connectivity index (χ2n) is 4.70. The Labute approximate surface area is 117 Å². The van der Waals surface area contributed by atoms with E-state index >= 15 is 0 Å². The van der Waals surface area contributed by atoms with Gasteiger partial charge in [0.1, 0.15) is 5.82 Å². The van der Waals surface area contributed by atoms with Crippen LogP contribution >= 0.6 is 11.6 Å². The molecule has 0 heterocycles. The Morgan fingerprint density at radius 3 is 2.58 bits per heavy atom. The molecule has 0 spiro atoms. The van der Waals surface area contributed by atoms with Crippen molar-refractivity contribution in [2.75, 3.05) is 6.61 Å². The zero-order valence-corrected chi connectivity index (χ0v) is 11.5. The van der Waals surface area contributed by atoms with Crippen molar-refractivity contribution in [3.63, 3.8) is 0 Å². The van der Waals surface area contributed by atoms with Gasteiger partial charge in [0, 0.05) is 10.9 Å². The molecule has 1 N–H and O–H groups in total. The van der Waals surface area contributed by atoms with Gasteiger partial charge in [-0.05, 0) is 42.2 Å². The Hall–Kier alpha value is -1.38. The average Bonchev–Trinajstić information content (AvgIpc) is 2.39. The van der Waals surface area contributed by atoms with Crippen molar-refractivity contribution >= 4 is 11.6 Å². The van der Waals surface area contributed by atoms with Crippen LogP contribution in [0, 0.1) is 12.7 Å². The second-order valence-corrected chi connectivity index (χ2v) is 5.11. The predicted molar refractivity (Wildman–Crippen MR) is 76.1 cm³/mol. The first-order chi connectivity index (χ1) is 9.11. The first kappa shape index (κ1) is 14.0. The molecule has 1 nitrogen and oxygen atoms in total. The Kier molecular flexibility index (Phi) is 4.56. The summed E-state index contributed by atoms with van der Waals surface area (Å²) >= 11 is 6.18. The molecule has 3 heteroatoms. The largest absolute Gasteiger partial charge is 0.396 e. The van der Waals surface area contributed by atoms with Gasteiger partial charge in [0.25, 0.3) is 0 Å². The zero-order valence-electron chi connectivity index (χ0n) is 10.7. The number of halogens is 2. The van der Waals surface area contributed by atoms with Gasteiger partial charge in [0.15, 0.2) is 0 Å². The smallest absolute Gasteiger partial charge is 0.126 e. The van der Waals surface area contributed by atoms with E-state index in [2.05, 4.69) is 0 Å². The average molecular weight is 279 g/mol. The zero-order chi connectivity index (χ0) is 13.8.